The van der Waals surface area contributed by atoms with Crippen molar-refractivity contribution >= 4 is 24.4 Å². The maximum atomic E-state index is 12.1. The van der Waals surface area contributed by atoms with Crippen LogP contribution in [0.4, 0.5) is 19.2 Å². The lowest BCUT2D eigenvalue weighted by Gasteiger charge is -2.38. The van der Waals surface area contributed by atoms with Crippen LogP contribution in [0.5, 0.6) is 0 Å². The molecule has 4 amide bonds. The highest BCUT2D eigenvalue weighted by molar-refractivity contribution is 5.70. The molecule has 0 aromatic heterocycles. The van der Waals surface area contributed by atoms with Crippen molar-refractivity contribution in [2.45, 2.75) is 104 Å². The van der Waals surface area contributed by atoms with Crippen LogP contribution >= 0.6 is 0 Å². The first kappa shape index (κ1) is 51.0. The first-order valence-corrected chi connectivity index (χ1v) is 22.6. The lowest BCUT2D eigenvalue weighted by atomic mass is 10.2. The second-order valence-electron chi connectivity index (χ2n) is 18.4. The van der Waals surface area contributed by atoms with Crippen LogP contribution in [0.15, 0.2) is 60.7 Å². The van der Waals surface area contributed by atoms with Crippen LogP contribution < -0.4 is 0 Å². The summed E-state index contributed by atoms with van der Waals surface area (Å²) in [5, 5.41) is 9.00. The Labute approximate surface area is 375 Å². The summed E-state index contributed by atoms with van der Waals surface area (Å²) in [4.78, 5) is 58.8. The lowest BCUT2D eigenvalue weighted by molar-refractivity contribution is -0.0530. The zero-order valence-corrected chi connectivity index (χ0v) is 38.9. The van der Waals surface area contributed by atoms with Crippen molar-refractivity contribution in [2.24, 2.45) is 0 Å². The average Bonchev–Trinajstić information content (AvgIpc) is 3.22. The molecule has 16 heteroatoms. The molecule has 2 aromatic rings. The number of benzene rings is 2. The number of carbonyl (C=O) groups is 4. The fraction of sp³-hybridized carbons (Fsp3) is 0.660. The van der Waals surface area contributed by atoms with E-state index in [2.05, 4.69) is 16.7 Å². The van der Waals surface area contributed by atoms with Crippen LogP contribution in [0, 0.1) is 0 Å². The van der Waals surface area contributed by atoms with Gasteiger partial charge in [0.25, 0.3) is 0 Å². The van der Waals surface area contributed by atoms with Crippen molar-refractivity contribution in [2.75, 3.05) is 98.2 Å². The zero-order chi connectivity index (χ0) is 45.8. The third-order valence-electron chi connectivity index (χ3n) is 10.5. The van der Waals surface area contributed by atoms with E-state index in [4.69, 9.17) is 28.8 Å². The summed E-state index contributed by atoms with van der Waals surface area (Å²) in [6.07, 6.45) is 2.07. The summed E-state index contributed by atoms with van der Waals surface area (Å²) in [7, 11) is 0. The first-order valence-electron chi connectivity index (χ1n) is 22.6. The van der Waals surface area contributed by atoms with Crippen LogP contribution in [-0.4, -0.2) is 181 Å². The molecule has 0 unspecified atom stereocenters. The highest BCUT2D eigenvalue weighted by atomic mass is 16.6. The Kier molecular flexibility index (Phi) is 20.7. The maximum absolute atomic E-state index is 12.1. The Bertz CT molecular complexity index is 1650. The van der Waals surface area contributed by atoms with Gasteiger partial charge in [-0.1, -0.05) is 74.0 Å². The number of likely N-dealkylation sites (tertiary alicyclic amines) is 2. The van der Waals surface area contributed by atoms with Gasteiger partial charge in [0.1, 0.15) is 24.4 Å². The van der Waals surface area contributed by atoms with E-state index in [1.54, 1.807) is 9.80 Å². The van der Waals surface area contributed by atoms with Gasteiger partial charge in [0, 0.05) is 65.5 Å². The molecule has 352 valence electrons. The second kappa shape index (κ2) is 25.6. The van der Waals surface area contributed by atoms with Gasteiger partial charge < -0.3 is 48.4 Å². The molecule has 4 fully saturated rings. The topological polar surface area (TPSA) is 154 Å². The molecule has 0 atom stereocenters. The van der Waals surface area contributed by atoms with Gasteiger partial charge in [0.2, 0.25) is 0 Å². The molecule has 4 aliphatic rings. The zero-order valence-electron chi connectivity index (χ0n) is 38.9. The Morgan fingerprint density at radius 1 is 0.556 bits per heavy atom. The van der Waals surface area contributed by atoms with E-state index in [1.165, 1.54) is 17.7 Å². The van der Waals surface area contributed by atoms with Gasteiger partial charge >= 0.3 is 24.4 Å². The molecular formula is C47H74N6O10. The van der Waals surface area contributed by atoms with Gasteiger partial charge in [-0.25, -0.2) is 19.2 Å². The van der Waals surface area contributed by atoms with Crippen molar-refractivity contribution in [3.63, 3.8) is 0 Å². The summed E-state index contributed by atoms with van der Waals surface area (Å²) < 4.78 is 27.0. The van der Waals surface area contributed by atoms with Gasteiger partial charge in [0.05, 0.1) is 38.4 Å². The van der Waals surface area contributed by atoms with E-state index >= 15 is 0 Å². The fourth-order valence-corrected chi connectivity index (χ4v) is 6.80. The summed E-state index contributed by atoms with van der Waals surface area (Å²) in [6.45, 7) is 25.5. The third-order valence-corrected chi connectivity index (χ3v) is 10.5. The monoisotopic (exact) mass is 883 g/mol. The van der Waals surface area contributed by atoms with Crippen LogP contribution in [0.25, 0.3) is 0 Å². The lowest BCUT2D eigenvalue weighted by Crippen LogP contribution is -2.55. The number of piperazine rings is 2. The Morgan fingerprint density at radius 2 is 0.952 bits per heavy atom. The van der Waals surface area contributed by atoms with Crippen molar-refractivity contribution in [1.29, 1.82) is 0 Å². The van der Waals surface area contributed by atoms with Gasteiger partial charge in [-0.05, 0) is 72.1 Å². The number of ether oxygens (including phenoxy) is 5. The number of carbonyl (C=O) groups excluding carboxylic acids is 4. The van der Waals surface area contributed by atoms with Crippen LogP contribution in [0.2, 0.25) is 0 Å². The van der Waals surface area contributed by atoms with Gasteiger partial charge in [-0.15, -0.1) is 0 Å². The Morgan fingerprint density at radius 3 is 1.33 bits per heavy atom. The molecule has 0 saturated carbocycles. The van der Waals surface area contributed by atoms with Crippen molar-refractivity contribution in [3.8, 4) is 0 Å². The minimum Gasteiger partial charge on any atom is -0.445 e. The molecule has 0 spiro atoms. The minimum atomic E-state index is -0.457. The number of unbranched alkanes of at least 4 members (excludes halogenated alkanes) is 1. The van der Waals surface area contributed by atoms with E-state index in [0.29, 0.717) is 52.5 Å². The van der Waals surface area contributed by atoms with Crippen molar-refractivity contribution in [3.05, 3.63) is 71.8 Å². The molecular weight excluding hydrogens is 809 g/mol. The third kappa shape index (κ3) is 19.7. The predicted molar refractivity (Wildman–Crippen MR) is 240 cm³/mol. The van der Waals surface area contributed by atoms with Gasteiger partial charge in [-0.3, -0.25) is 9.80 Å². The number of hydrogen-bond donors (Lipinski definition) is 1. The molecule has 6 rings (SSSR count). The molecule has 2 aromatic carbocycles. The van der Waals surface area contributed by atoms with E-state index in [1.807, 2.05) is 107 Å². The number of aliphatic hydroxyl groups excluding tert-OH is 1. The first-order chi connectivity index (χ1) is 30.0. The standard InChI is InChI=1S/C23H35N3O5.C13H26N2O2.C11H13NO3/c1-23(2,3)31-22(28)25-13-11-24(12-14-25)10-7-15-29-20-16-26(17-20)21(27)30-18-19-8-5-4-6-9-19;1-5-6-7-14-8-10-15(11-9-14)12(16)17-13(2,3)4;13-10-6-12(7-10)11(14)15-8-9-4-2-1-3-5-9/h4-6,8-9,20H,7,10-18H2,1-3H3;5-11H2,1-4H3;1-5,10,13H,6-8H2. The van der Waals surface area contributed by atoms with Crippen molar-refractivity contribution < 1.29 is 48.0 Å². The number of nitrogens with zero attached hydrogens (tertiary/aromatic N) is 6. The number of β-amino-alcohol motifs (C(OH)–C–C–N with tert-alkyl or cyclic N) is 1. The van der Waals surface area contributed by atoms with E-state index in [0.717, 1.165) is 69.9 Å². The van der Waals surface area contributed by atoms with E-state index in [9.17, 15) is 19.2 Å². The SMILES string of the molecule is CC(C)(C)OC(=O)N1CCN(CCCOC2CN(C(=O)OCc3ccccc3)C2)CC1.CCCCN1CCN(C(=O)OC(C)(C)C)CC1.O=C(OCc1ccccc1)N1CC(O)C1. The maximum Gasteiger partial charge on any atom is 0.410 e. The quantitative estimate of drug-likeness (QED) is 0.188. The summed E-state index contributed by atoms with van der Waals surface area (Å²) in [6, 6.07) is 19.2. The number of rotatable bonds is 12. The average molecular weight is 883 g/mol. The number of aliphatic hydroxyl groups is 1. The molecule has 4 saturated heterocycles. The van der Waals surface area contributed by atoms with Crippen molar-refractivity contribution in [1.82, 2.24) is 29.4 Å². The predicted octanol–water partition coefficient (Wildman–Crippen LogP) is 6.31. The highest BCUT2D eigenvalue weighted by Crippen LogP contribution is 2.17. The minimum absolute atomic E-state index is 0.0910. The molecule has 63 heavy (non-hydrogen) atoms. The van der Waals surface area contributed by atoms with E-state index in [-0.39, 0.29) is 43.2 Å². The molecule has 1 N–H and O–H groups in total. The highest BCUT2D eigenvalue weighted by Gasteiger charge is 2.33. The normalized spacial score (nSPS) is 17.5. The van der Waals surface area contributed by atoms with Crippen LogP contribution in [0.3, 0.4) is 0 Å². The molecule has 0 bridgehead atoms. The van der Waals surface area contributed by atoms with Crippen LogP contribution in [-0.2, 0) is 36.9 Å². The fourth-order valence-electron chi connectivity index (χ4n) is 6.80. The van der Waals surface area contributed by atoms with E-state index < -0.39 is 11.2 Å². The summed E-state index contributed by atoms with van der Waals surface area (Å²) in [5.74, 6) is 0. The summed E-state index contributed by atoms with van der Waals surface area (Å²) >= 11 is 0. The number of hydrogen-bond acceptors (Lipinski definition) is 12. The molecule has 0 aliphatic carbocycles. The number of amides is 4. The van der Waals surface area contributed by atoms with Gasteiger partial charge in [0.15, 0.2) is 0 Å². The Balaban J connectivity index is 0.000000229. The van der Waals surface area contributed by atoms with Gasteiger partial charge in [-0.2, -0.15) is 0 Å². The molecule has 16 nitrogen and oxygen atoms in total. The summed E-state index contributed by atoms with van der Waals surface area (Å²) in [5.41, 5.74) is 1.10. The molecule has 4 aliphatic heterocycles. The largest absolute Gasteiger partial charge is 0.445 e. The smallest absolute Gasteiger partial charge is 0.410 e. The molecule has 0 radical (unpaired) electrons. The molecule has 4 heterocycles. The second-order valence-corrected chi connectivity index (χ2v) is 18.4. The van der Waals surface area contributed by atoms with Crippen LogP contribution in [0.1, 0.15) is 78.9 Å². The Hall–Kier alpha value is -4.64.